The van der Waals surface area contributed by atoms with Gasteiger partial charge in [0.2, 0.25) is 11.8 Å². The largest absolute Gasteiger partial charge is 0.472 e. The van der Waals surface area contributed by atoms with E-state index in [0.29, 0.717) is 30.5 Å². The first-order chi connectivity index (χ1) is 9.19. The molecular formula is C13H18ClN3O2. The topological polar surface area (TPSA) is 55.3 Å². The van der Waals surface area contributed by atoms with Crippen molar-refractivity contribution in [1.29, 1.82) is 0 Å². The van der Waals surface area contributed by atoms with E-state index in [4.69, 9.17) is 16.3 Å². The summed E-state index contributed by atoms with van der Waals surface area (Å²) in [5, 5.41) is 0. The molecule has 1 saturated heterocycles. The van der Waals surface area contributed by atoms with E-state index in [1.807, 2.05) is 11.8 Å². The van der Waals surface area contributed by atoms with E-state index in [-0.39, 0.29) is 12.0 Å². The minimum Gasteiger partial charge on any atom is -0.472 e. The number of amides is 1. The summed E-state index contributed by atoms with van der Waals surface area (Å²) in [6.07, 6.45) is 3.95. The predicted molar refractivity (Wildman–Crippen MR) is 72.3 cm³/mol. The van der Waals surface area contributed by atoms with Gasteiger partial charge in [-0.25, -0.2) is 4.98 Å². The van der Waals surface area contributed by atoms with Crippen molar-refractivity contribution in [3.8, 4) is 5.88 Å². The van der Waals surface area contributed by atoms with E-state index in [1.54, 1.807) is 12.3 Å². The molecule has 0 saturated carbocycles. The van der Waals surface area contributed by atoms with Crippen molar-refractivity contribution in [1.82, 2.24) is 14.9 Å². The van der Waals surface area contributed by atoms with Crippen LogP contribution in [0.25, 0.3) is 0 Å². The molecule has 0 aromatic carbocycles. The van der Waals surface area contributed by atoms with Gasteiger partial charge in [-0.15, -0.1) is 11.6 Å². The number of carbonyl (C=O) groups is 1. The fraction of sp³-hybridized carbons (Fsp3) is 0.615. The second-order valence-electron chi connectivity index (χ2n) is 4.60. The highest BCUT2D eigenvalue weighted by molar-refractivity contribution is 6.18. The van der Waals surface area contributed by atoms with Crippen LogP contribution in [0.1, 0.15) is 25.1 Å². The summed E-state index contributed by atoms with van der Waals surface area (Å²) >= 11 is 5.60. The maximum Gasteiger partial charge on any atom is 0.223 e. The molecule has 2 rings (SSSR count). The van der Waals surface area contributed by atoms with Gasteiger partial charge in [0, 0.05) is 31.1 Å². The molecule has 0 radical (unpaired) electrons. The third-order valence-electron chi connectivity index (χ3n) is 3.08. The lowest BCUT2D eigenvalue weighted by atomic mass is 10.1. The number of nitrogens with zero attached hydrogens (tertiary/aromatic N) is 3. The molecule has 0 bridgehead atoms. The molecule has 1 amide bonds. The maximum atomic E-state index is 11.8. The van der Waals surface area contributed by atoms with Gasteiger partial charge >= 0.3 is 0 Å². The molecule has 1 aromatic heterocycles. The standard InChI is InChI=1S/C13H18ClN3O2/c1-10-15-7-5-12(16-10)19-11-3-2-8-17(9-11)13(18)4-6-14/h5,7,11H,2-4,6,8-9H2,1H3. The van der Waals surface area contributed by atoms with E-state index in [1.165, 1.54) is 0 Å². The number of aromatic nitrogens is 2. The average Bonchev–Trinajstić information content (AvgIpc) is 2.39. The molecule has 0 spiro atoms. The van der Waals surface area contributed by atoms with Gasteiger partial charge in [-0.3, -0.25) is 4.79 Å². The first kappa shape index (κ1) is 14.1. The molecular weight excluding hydrogens is 266 g/mol. The summed E-state index contributed by atoms with van der Waals surface area (Å²) in [7, 11) is 0. The lowest BCUT2D eigenvalue weighted by Gasteiger charge is -2.32. The van der Waals surface area contributed by atoms with Crippen LogP contribution in [0.2, 0.25) is 0 Å². The predicted octanol–water partition coefficient (Wildman–Crippen LogP) is 1.78. The SMILES string of the molecule is Cc1nccc(OC2CCCN(C(=O)CCCl)C2)n1. The van der Waals surface area contributed by atoms with Crippen LogP contribution >= 0.6 is 11.6 Å². The van der Waals surface area contributed by atoms with Crippen LogP contribution in [0.15, 0.2) is 12.3 Å². The number of ether oxygens (including phenoxy) is 1. The number of aryl methyl sites for hydroxylation is 1. The van der Waals surface area contributed by atoms with Gasteiger partial charge in [-0.05, 0) is 19.8 Å². The number of piperidine rings is 1. The number of hydrogen-bond donors (Lipinski definition) is 0. The number of likely N-dealkylation sites (tertiary alicyclic amines) is 1. The molecule has 1 fully saturated rings. The van der Waals surface area contributed by atoms with Gasteiger partial charge in [-0.2, -0.15) is 4.98 Å². The van der Waals surface area contributed by atoms with Gasteiger partial charge in [0.25, 0.3) is 0 Å². The van der Waals surface area contributed by atoms with Crippen molar-refractivity contribution in [2.75, 3.05) is 19.0 Å². The Morgan fingerprint density at radius 2 is 2.47 bits per heavy atom. The zero-order valence-electron chi connectivity index (χ0n) is 11.0. The monoisotopic (exact) mass is 283 g/mol. The van der Waals surface area contributed by atoms with Crippen molar-refractivity contribution in [3.63, 3.8) is 0 Å². The van der Waals surface area contributed by atoms with Gasteiger partial charge in [0.05, 0.1) is 6.54 Å². The van der Waals surface area contributed by atoms with Crippen molar-refractivity contribution in [2.45, 2.75) is 32.3 Å². The first-order valence-corrected chi connectivity index (χ1v) is 7.02. The van der Waals surface area contributed by atoms with Crippen LogP contribution in [0.3, 0.4) is 0 Å². The fourth-order valence-corrected chi connectivity index (χ4v) is 2.33. The summed E-state index contributed by atoms with van der Waals surface area (Å²) in [4.78, 5) is 21.9. The van der Waals surface area contributed by atoms with Crippen LogP contribution in [0.5, 0.6) is 5.88 Å². The molecule has 1 aliphatic heterocycles. The first-order valence-electron chi connectivity index (χ1n) is 6.49. The number of rotatable bonds is 4. The molecule has 6 heteroatoms. The Morgan fingerprint density at radius 1 is 1.63 bits per heavy atom. The van der Waals surface area contributed by atoms with Crippen LogP contribution in [0.4, 0.5) is 0 Å². The Labute approximate surface area is 117 Å². The van der Waals surface area contributed by atoms with Crippen LogP contribution in [-0.2, 0) is 4.79 Å². The van der Waals surface area contributed by atoms with E-state index < -0.39 is 0 Å². The van der Waals surface area contributed by atoms with Gasteiger partial charge in [-0.1, -0.05) is 0 Å². The Balaban J connectivity index is 1.92. The van der Waals surface area contributed by atoms with E-state index in [9.17, 15) is 4.79 Å². The lowest BCUT2D eigenvalue weighted by molar-refractivity contribution is -0.133. The summed E-state index contributed by atoms with van der Waals surface area (Å²) in [5.74, 6) is 1.72. The summed E-state index contributed by atoms with van der Waals surface area (Å²) < 4.78 is 5.82. The Hall–Kier alpha value is -1.36. The highest BCUT2D eigenvalue weighted by Gasteiger charge is 2.24. The molecule has 5 nitrogen and oxygen atoms in total. The molecule has 1 unspecified atom stereocenters. The Kier molecular flexibility index (Phi) is 4.96. The number of halogens is 1. The molecule has 19 heavy (non-hydrogen) atoms. The molecule has 1 atom stereocenters. The zero-order chi connectivity index (χ0) is 13.7. The summed E-state index contributed by atoms with van der Waals surface area (Å²) in [5.41, 5.74) is 0. The van der Waals surface area contributed by atoms with Crippen molar-refractivity contribution in [2.24, 2.45) is 0 Å². The minimum atomic E-state index is 0.00215. The van der Waals surface area contributed by atoms with Gasteiger partial charge in [0.15, 0.2) is 0 Å². The third kappa shape index (κ3) is 4.06. The maximum absolute atomic E-state index is 11.8. The van der Waals surface area contributed by atoms with Crippen LogP contribution in [0, 0.1) is 6.92 Å². The Morgan fingerprint density at radius 3 is 3.21 bits per heavy atom. The second-order valence-corrected chi connectivity index (χ2v) is 4.98. The van der Waals surface area contributed by atoms with E-state index >= 15 is 0 Å². The highest BCUT2D eigenvalue weighted by atomic mass is 35.5. The van der Waals surface area contributed by atoms with Crippen molar-refractivity contribution < 1.29 is 9.53 Å². The summed E-state index contributed by atoms with van der Waals surface area (Å²) in [6.45, 7) is 3.22. The van der Waals surface area contributed by atoms with Crippen molar-refractivity contribution in [3.05, 3.63) is 18.1 Å². The fourth-order valence-electron chi connectivity index (χ4n) is 2.17. The second kappa shape index (κ2) is 6.70. The zero-order valence-corrected chi connectivity index (χ0v) is 11.8. The summed E-state index contributed by atoms with van der Waals surface area (Å²) in [6, 6.07) is 1.74. The lowest BCUT2D eigenvalue weighted by Crippen LogP contribution is -2.44. The van der Waals surface area contributed by atoms with Crippen LogP contribution in [-0.4, -0.2) is 45.8 Å². The van der Waals surface area contributed by atoms with Gasteiger partial charge in [0.1, 0.15) is 11.9 Å². The van der Waals surface area contributed by atoms with Crippen molar-refractivity contribution >= 4 is 17.5 Å². The smallest absolute Gasteiger partial charge is 0.223 e. The molecule has 1 aromatic rings. The average molecular weight is 284 g/mol. The number of alkyl halides is 1. The molecule has 1 aliphatic rings. The van der Waals surface area contributed by atoms with E-state index in [2.05, 4.69) is 9.97 Å². The Bertz CT molecular complexity index is 442. The van der Waals surface area contributed by atoms with E-state index in [0.717, 1.165) is 19.4 Å². The quantitative estimate of drug-likeness (QED) is 0.791. The molecule has 0 aliphatic carbocycles. The molecule has 2 heterocycles. The number of carbonyl (C=O) groups excluding carboxylic acids is 1. The minimum absolute atomic E-state index is 0.00215. The van der Waals surface area contributed by atoms with Crippen LogP contribution < -0.4 is 4.74 Å². The van der Waals surface area contributed by atoms with Gasteiger partial charge < -0.3 is 9.64 Å². The number of hydrogen-bond acceptors (Lipinski definition) is 4. The third-order valence-corrected chi connectivity index (χ3v) is 3.27. The highest BCUT2D eigenvalue weighted by Crippen LogP contribution is 2.17. The molecule has 0 N–H and O–H groups in total. The normalized spacial score (nSPS) is 19.3. The molecule has 104 valence electrons.